The van der Waals surface area contributed by atoms with Gasteiger partial charge >= 0.3 is 0 Å². The van der Waals surface area contributed by atoms with Gasteiger partial charge in [0.2, 0.25) is 0 Å². The second-order valence-corrected chi connectivity index (χ2v) is 9.85. The summed E-state index contributed by atoms with van der Waals surface area (Å²) >= 11 is 0. The van der Waals surface area contributed by atoms with Gasteiger partial charge in [-0.3, -0.25) is 0 Å². The molecule has 2 aromatic heterocycles. The quantitative estimate of drug-likeness (QED) is 0.658. The molecule has 3 aliphatic heterocycles. The Morgan fingerprint density at radius 1 is 1.12 bits per heavy atom. The highest BCUT2D eigenvalue weighted by Crippen LogP contribution is 2.40. The predicted molar refractivity (Wildman–Crippen MR) is 129 cm³/mol. The van der Waals surface area contributed by atoms with Crippen LogP contribution in [0, 0.1) is 12.8 Å². The van der Waals surface area contributed by atoms with Crippen LogP contribution in [-0.4, -0.2) is 56.6 Å². The van der Waals surface area contributed by atoms with Crippen molar-refractivity contribution in [3.63, 3.8) is 0 Å². The average molecular weight is 448 g/mol. The summed E-state index contributed by atoms with van der Waals surface area (Å²) in [6.07, 6.45) is 5.99. The number of ether oxygens (including phenoxy) is 1. The Morgan fingerprint density at radius 2 is 2.03 bits per heavy atom. The van der Waals surface area contributed by atoms with Crippen LogP contribution in [0.2, 0.25) is 0 Å². The first-order valence-corrected chi connectivity index (χ1v) is 12.3. The molecule has 0 aliphatic carbocycles. The monoisotopic (exact) mass is 447 g/mol. The molecule has 0 saturated carbocycles. The second kappa shape index (κ2) is 8.17. The number of hydrogen-bond acceptors (Lipinski definition) is 6. The van der Waals surface area contributed by atoms with Gasteiger partial charge in [-0.15, -0.1) is 0 Å². The van der Waals surface area contributed by atoms with Gasteiger partial charge in [-0.25, -0.2) is 14.6 Å². The van der Waals surface area contributed by atoms with E-state index < -0.39 is 0 Å². The number of nitrogens with zero attached hydrogens (tertiary/aromatic N) is 6. The van der Waals surface area contributed by atoms with Gasteiger partial charge in [0.25, 0.3) is 0 Å². The highest BCUT2D eigenvalue weighted by Gasteiger charge is 2.36. The molecule has 2 saturated heterocycles. The van der Waals surface area contributed by atoms with E-state index >= 15 is 0 Å². The molecule has 1 unspecified atom stereocenters. The molecule has 2 fully saturated rings. The van der Waals surface area contributed by atoms with E-state index in [0.717, 1.165) is 66.6 Å². The van der Waals surface area contributed by atoms with Crippen LogP contribution >= 0.6 is 0 Å². The van der Waals surface area contributed by atoms with Crippen molar-refractivity contribution >= 4 is 5.69 Å². The lowest BCUT2D eigenvalue weighted by atomic mass is 9.83. The molecule has 0 spiro atoms. The molecule has 174 valence electrons. The summed E-state index contributed by atoms with van der Waals surface area (Å²) in [6, 6.07) is 7.52. The Kier molecular flexibility index (Phi) is 5.13. The smallest absolute Gasteiger partial charge is 0.178 e. The van der Waals surface area contributed by atoms with Gasteiger partial charge in [-0.2, -0.15) is 5.10 Å². The molecule has 1 aromatic carbocycles. The third-order valence-electron chi connectivity index (χ3n) is 7.30. The highest BCUT2D eigenvalue weighted by atomic mass is 16.5. The SMILES string of the molecule is Cc1nc(-c2cn3c(n2)-c2ccc(N4CCC4[C@@H]4CCCNC4)cc2OCC3)n(C(C)C)n1. The van der Waals surface area contributed by atoms with Gasteiger partial charge in [0.05, 0.1) is 12.1 Å². The maximum Gasteiger partial charge on any atom is 0.178 e. The number of benzene rings is 1. The highest BCUT2D eigenvalue weighted by molar-refractivity contribution is 5.72. The summed E-state index contributed by atoms with van der Waals surface area (Å²) < 4.78 is 10.4. The number of rotatable bonds is 4. The third kappa shape index (κ3) is 3.60. The van der Waals surface area contributed by atoms with Crippen LogP contribution in [0.15, 0.2) is 24.4 Å². The van der Waals surface area contributed by atoms with Crippen LogP contribution in [0.5, 0.6) is 5.75 Å². The minimum atomic E-state index is 0.227. The fourth-order valence-electron chi connectivity index (χ4n) is 5.55. The lowest BCUT2D eigenvalue weighted by molar-refractivity contribution is 0.258. The molecule has 2 atom stereocenters. The summed E-state index contributed by atoms with van der Waals surface area (Å²) in [5, 5.41) is 8.15. The Labute approximate surface area is 195 Å². The second-order valence-electron chi connectivity index (χ2n) is 9.85. The molecular formula is C25H33N7O. The van der Waals surface area contributed by atoms with E-state index in [2.05, 4.69) is 63.1 Å². The zero-order valence-electron chi connectivity index (χ0n) is 19.8. The van der Waals surface area contributed by atoms with Crippen molar-refractivity contribution < 1.29 is 4.74 Å². The van der Waals surface area contributed by atoms with Crippen LogP contribution in [-0.2, 0) is 6.54 Å². The van der Waals surface area contributed by atoms with Gasteiger partial charge in [-0.1, -0.05) is 0 Å². The van der Waals surface area contributed by atoms with E-state index in [1.807, 2.05) is 11.6 Å². The van der Waals surface area contributed by atoms with E-state index in [0.29, 0.717) is 12.6 Å². The molecule has 8 heteroatoms. The van der Waals surface area contributed by atoms with Crippen LogP contribution in [0.3, 0.4) is 0 Å². The molecule has 3 aromatic rings. The number of fused-ring (bicyclic) bond motifs is 3. The average Bonchev–Trinajstić information content (AvgIpc) is 3.33. The summed E-state index contributed by atoms with van der Waals surface area (Å²) in [5.74, 6) is 4.21. The molecule has 1 N–H and O–H groups in total. The first-order chi connectivity index (χ1) is 16.1. The summed E-state index contributed by atoms with van der Waals surface area (Å²) in [7, 11) is 0. The van der Waals surface area contributed by atoms with E-state index in [9.17, 15) is 0 Å². The Hall–Kier alpha value is -2.87. The first kappa shape index (κ1) is 20.7. The summed E-state index contributed by atoms with van der Waals surface area (Å²) in [6.45, 7) is 11.0. The molecule has 8 nitrogen and oxygen atoms in total. The number of piperidine rings is 1. The molecule has 6 rings (SSSR count). The van der Waals surface area contributed by atoms with Crippen molar-refractivity contribution in [3.8, 4) is 28.7 Å². The van der Waals surface area contributed by atoms with Crippen molar-refractivity contribution in [1.29, 1.82) is 0 Å². The number of imidazole rings is 1. The standard InChI is InChI=1S/C25H33N7O/c1-16(2)32-25(27-17(3)29-32)21-15-30-11-12-33-23-13-19(6-7-20(23)24(30)28-21)31-10-8-22(31)18-5-4-9-26-14-18/h6-7,13,15-16,18,22,26H,4-5,8-12,14H2,1-3H3/t18-,22?/m1/s1. The minimum absolute atomic E-state index is 0.227. The lowest BCUT2D eigenvalue weighted by Crippen LogP contribution is -2.55. The molecule has 0 amide bonds. The fourth-order valence-corrected chi connectivity index (χ4v) is 5.55. The van der Waals surface area contributed by atoms with Crippen molar-refractivity contribution in [2.45, 2.75) is 58.7 Å². The Balaban J connectivity index is 1.32. The van der Waals surface area contributed by atoms with Crippen molar-refractivity contribution in [2.75, 3.05) is 31.1 Å². The number of nitrogens with one attached hydrogen (secondary N) is 1. The molecule has 0 radical (unpaired) electrons. The predicted octanol–water partition coefficient (Wildman–Crippen LogP) is 3.67. The molecule has 33 heavy (non-hydrogen) atoms. The van der Waals surface area contributed by atoms with E-state index in [-0.39, 0.29) is 6.04 Å². The molecule has 0 bridgehead atoms. The fraction of sp³-hybridized carbons (Fsp3) is 0.560. The maximum atomic E-state index is 6.21. The Bertz CT molecular complexity index is 1160. The zero-order chi connectivity index (χ0) is 22.5. The number of aromatic nitrogens is 5. The zero-order valence-corrected chi connectivity index (χ0v) is 19.8. The van der Waals surface area contributed by atoms with Crippen molar-refractivity contribution in [1.82, 2.24) is 29.6 Å². The van der Waals surface area contributed by atoms with Gasteiger partial charge in [-0.05, 0) is 71.2 Å². The number of aryl methyl sites for hydroxylation is 1. The number of hydrogen-bond donors (Lipinski definition) is 1. The Morgan fingerprint density at radius 3 is 2.79 bits per heavy atom. The molecular weight excluding hydrogens is 414 g/mol. The lowest BCUT2D eigenvalue weighted by Gasteiger charge is -2.48. The van der Waals surface area contributed by atoms with Gasteiger partial charge in [0.1, 0.15) is 29.7 Å². The van der Waals surface area contributed by atoms with Crippen LogP contribution in [0.4, 0.5) is 5.69 Å². The van der Waals surface area contributed by atoms with E-state index in [1.54, 1.807) is 0 Å². The maximum absolute atomic E-state index is 6.21. The summed E-state index contributed by atoms with van der Waals surface area (Å²) in [4.78, 5) is 12.2. The van der Waals surface area contributed by atoms with Crippen LogP contribution in [0.1, 0.15) is 45.0 Å². The van der Waals surface area contributed by atoms with Crippen molar-refractivity contribution in [3.05, 3.63) is 30.2 Å². The largest absolute Gasteiger partial charge is 0.491 e. The van der Waals surface area contributed by atoms with Gasteiger partial charge in [0, 0.05) is 36.6 Å². The van der Waals surface area contributed by atoms with Crippen molar-refractivity contribution in [2.24, 2.45) is 5.92 Å². The van der Waals surface area contributed by atoms with Crippen LogP contribution < -0.4 is 15.0 Å². The topological polar surface area (TPSA) is 73.0 Å². The van der Waals surface area contributed by atoms with E-state index in [1.165, 1.54) is 24.9 Å². The molecule has 5 heterocycles. The van der Waals surface area contributed by atoms with Gasteiger partial charge < -0.3 is 19.5 Å². The summed E-state index contributed by atoms with van der Waals surface area (Å²) in [5.41, 5.74) is 3.18. The van der Waals surface area contributed by atoms with Gasteiger partial charge in [0.15, 0.2) is 5.82 Å². The third-order valence-corrected chi connectivity index (χ3v) is 7.30. The number of anilines is 1. The minimum Gasteiger partial charge on any atom is -0.491 e. The van der Waals surface area contributed by atoms with Crippen LogP contribution in [0.25, 0.3) is 22.9 Å². The molecule has 3 aliphatic rings. The normalized spacial score (nSPS) is 22.4. The first-order valence-electron chi connectivity index (χ1n) is 12.3. The van der Waals surface area contributed by atoms with E-state index in [4.69, 9.17) is 9.72 Å².